The number of rotatable bonds is 8. The molecule has 7 heteroatoms. The number of nitrogens with zero attached hydrogens (tertiary/aromatic N) is 2. The van der Waals surface area contributed by atoms with Gasteiger partial charge >= 0.3 is 0 Å². The summed E-state index contributed by atoms with van der Waals surface area (Å²) in [6, 6.07) is 12.4. The van der Waals surface area contributed by atoms with Crippen molar-refractivity contribution in [3.63, 3.8) is 0 Å². The molecule has 7 nitrogen and oxygen atoms in total. The lowest BCUT2D eigenvalue weighted by molar-refractivity contribution is -0.127. The molecule has 3 N–H and O–H groups in total. The molecule has 2 aromatic rings. The molecule has 0 spiro atoms. The minimum absolute atomic E-state index is 0.0143. The zero-order valence-corrected chi connectivity index (χ0v) is 18.9. The van der Waals surface area contributed by atoms with Gasteiger partial charge in [-0.3, -0.25) is 9.59 Å². The van der Waals surface area contributed by atoms with Crippen LogP contribution in [0.25, 0.3) is 6.08 Å². The Morgan fingerprint density at radius 3 is 2.56 bits per heavy atom. The van der Waals surface area contributed by atoms with Crippen molar-refractivity contribution in [2.45, 2.75) is 33.1 Å². The van der Waals surface area contributed by atoms with Crippen LogP contribution in [0.1, 0.15) is 49.0 Å². The number of nitrogens with one attached hydrogen (secondary N) is 1. The van der Waals surface area contributed by atoms with E-state index in [4.69, 9.17) is 10.5 Å². The minimum Gasteiger partial charge on any atom is -0.497 e. The number of ether oxygens (including phenoxy) is 1. The number of benzene rings is 2. The summed E-state index contributed by atoms with van der Waals surface area (Å²) >= 11 is 0. The molecule has 1 aliphatic rings. The van der Waals surface area contributed by atoms with E-state index in [1.807, 2.05) is 17.0 Å². The van der Waals surface area contributed by atoms with Crippen LogP contribution < -0.4 is 15.8 Å². The summed E-state index contributed by atoms with van der Waals surface area (Å²) < 4.78 is 5.20. The monoisotopic (exact) mass is 434 g/mol. The summed E-state index contributed by atoms with van der Waals surface area (Å²) in [5, 5.41) is 2.86. The lowest BCUT2D eigenvalue weighted by Crippen LogP contribution is -2.34. The fraction of sp³-hybridized carbons (Fsp3) is 0.320. The molecule has 0 atom stereocenters. The Morgan fingerprint density at radius 1 is 1.12 bits per heavy atom. The Hall–Kier alpha value is -3.61. The molecule has 2 amide bonds. The van der Waals surface area contributed by atoms with Crippen LogP contribution in [0.4, 0.5) is 11.4 Å². The molecule has 168 valence electrons. The first-order valence-corrected chi connectivity index (χ1v) is 10.9. The Labute approximate surface area is 189 Å². The van der Waals surface area contributed by atoms with E-state index >= 15 is 0 Å². The molecule has 1 heterocycles. The average Bonchev–Trinajstić information content (AvgIpc) is 2.95. The number of fused-ring (bicyclic) bond motifs is 1. The molecule has 0 saturated heterocycles. The molecule has 0 radical (unpaired) electrons. The van der Waals surface area contributed by atoms with Crippen LogP contribution in [0.15, 0.2) is 53.0 Å². The summed E-state index contributed by atoms with van der Waals surface area (Å²) in [7, 11) is 1.58. The number of aliphatic imine (C=N–C) groups is 1. The SMILES string of the molecule is CCCN(CCC)C(=O)C1=Cc2ccc(C(=O)Nc3cccc(OC)c3)cc2N=C(N)C1. The van der Waals surface area contributed by atoms with Gasteiger partial charge in [-0.25, -0.2) is 4.99 Å². The first-order chi connectivity index (χ1) is 15.4. The second-order valence-electron chi connectivity index (χ2n) is 7.70. The number of nitrogens with two attached hydrogens (primary N) is 1. The van der Waals surface area contributed by atoms with Crippen molar-refractivity contribution in [3.05, 3.63) is 59.2 Å². The second-order valence-corrected chi connectivity index (χ2v) is 7.70. The summed E-state index contributed by atoms with van der Waals surface area (Å²) in [5.41, 5.74) is 9.16. The first-order valence-electron chi connectivity index (χ1n) is 10.9. The number of carbonyl (C=O) groups is 2. The zero-order valence-electron chi connectivity index (χ0n) is 18.9. The van der Waals surface area contributed by atoms with Gasteiger partial charge < -0.3 is 20.7 Å². The van der Waals surface area contributed by atoms with Gasteiger partial charge in [0, 0.05) is 48.0 Å². The normalized spacial score (nSPS) is 12.7. The molecule has 0 bridgehead atoms. The fourth-order valence-corrected chi connectivity index (χ4v) is 3.63. The second kappa shape index (κ2) is 10.6. The highest BCUT2D eigenvalue weighted by Gasteiger charge is 2.21. The molecule has 0 aliphatic carbocycles. The maximum Gasteiger partial charge on any atom is 0.255 e. The fourth-order valence-electron chi connectivity index (χ4n) is 3.63. The highest BCUT2D eigenvalue weighted by atomic mass is 16.5. The van der Waals surface area contributed by atoms with Crippen molar-refractivity contribution in [2.24, 2.45) is 10.7 Å². The molecule has 0 saturated carbocycles. The molecule has 2 aromatic carbocycles. The van der Waals surface area contributed by atoms with Crippen molar-refractivity contribution in [1.82, 2.24) is 4.90 Å². The van der Waals surface area contributed by atoms with Gasteiger partial charge in [-0.1, -0.05) is 26.0 Å². The van der Waals surface area contributed by atoms with Gasteiger partial charge in [0.2, 0.25) is 5.91 Å². The number of amides is 2. The molecule has 1 aliphatic heterocycles. The highest BCUT2D eigenvalue weighted by Crippen LogP contribution is 2.29. The molecule has 0 unspecified atom stereocenters. The Kier molecular flexibility index (Phi) is 7.65. The third-order valence-electron chi connectivity index (χ3n) is 5.13. The van der Waals surface area contributed by atoms with Gasteiger partial charge in [0.05, 0.1) is 12.8 Å². The van der Waals surface area contributed by atoms with E-state index < -0.39 is 0 Å². The van der Waals surface area contributed by atoms with Crippen molar-refractivity contribution >= 4 is 35.1 Å². The predicted octanol–water partition coefficient (Wildman–Crippen LogP) is 4.37. The van der Waals surface area contributed by atoms with E-state index in [9.17, 15) is 9.59 Å². The Bertz CT molecular complexity index is 1050. The third kappa shape index (κ3) is 5.55. The van der Waals surface area contributed by atoms with E-state index in [0.717, 1.165) is 18.4 Å². The summed E-state index contributed by atoms with van der Waals surface area (Å²) in [6.07, 6.45) is 3.90. The molecular weight excluding hydrogens is 404 g/mol. The molecule has 3 rings (SSSR count). The van der Waals surface area contributed by atoms with E-state index in [1.165, 1.54) is 0 Å². The highest BCUT2D eigenvalue weighted by molar-refractivity contribution is 6.08. The van der Waals surface area contributed by atoms with Crippen molar-refractivity contribution < 1.29 is 14.3 Å². The van der Waals surface area contributed by atoms with Gasteiger partial charge in [0.25, 0.3) is 5.91 Å². The standard InChI is InChI=1S/C25H30N4O3/c1-4-11-29(12-5-2)25(31)19-13-17-9-10-18(14-22(17)28-23(26)15-19)24(30)27-20-7-6-8-21(16-20)32-3/h6-10,13-14,16H,4-5,11-12,15H2,1-3H3,(H2,26,28)(H,27,30). The lowest BCUT2D eigenvalue weighted by atomic mass is 10.0. The van der Waals surface area contributed by atoms with Gasteiger partial charge in [0.1, 0.15) is 11.6 Å². The molecule has 0 aromatic heterocycles. The molecule has 0 fully saturated rings. The van der Waals surface area contributed by atoms with Crippen LogP contribution >= 0.6 is 0 Å². The minimum atomic E-state index is -0.267. The predicted molar refractivity (Wildman–Crippen MR) is 128 cm³/mol. The van der Waals surface area contributed by atoms with Crippen LogP contribution in [0.3, 0.4) is 0 Å². The topological polar surface area (TPSA) is 97.0 Å². The number of amidine groups is 1. The van der Waals surface area contributed by atoms with E-state index in [1.54, 1.807) is 43.5 Å². The summed E-state index contributed by atoms with van der Waals surface area (Å²) in [5.74, 6) is 0.724. The number of anilines is 1. The van der Waals surface area contributed by atoms with Crippen LogP contribution in [0, 0.1) is 0 Å². The maximum absolute atomic E-state index is 13.1. The number of carbonyl (C=O) groups excluding carboxylic acids is 2. The van der Waals surface area contributed by atoms with Crippen molar-refractivity contribution in [2.75, 3.05) is 25.5 Å². The Balaban J connectivity index is 1.86. The van der Waals surface area contributed by atoms with Crippen LogP contribution in [0.2, 0.25) is 0 Å². The van der Waals surface area contributed by atoms with Crippen LogP contribution in [-0.2, 0) is 4.79 Å². The number of hydrogen-bond donors (Lipinski definition) is 2. The van der Waals surface area contributed by atoms with E-state index in [2.05, 4.69) is 24.2 Å². The van der Waals surface area contributed by atoms with E-state index in [-0.39, 0.29) is 18.2 Å². The third-order valence-corrected chi connectivity index (χ3v) is 5.13. The van der Waals surface area contributed by atoms with Gasteiger partial charge in [0.15, 0.2) is 0 Å². The lowest BCUT2D eigenvalue weighted by Gasteiger charge is -2.22. The van der Waals surface area contributed by atoms with Gasteiger partial charge in [-0.2, -0.15) is 0 Å². The van der Waals surface area contributed by atoms with Crippen molar-refractivity contribution in [3.8, 4) is 5.75 Å². The number of methoxy groups -OCH3 is 1. The largest absolute Gasteiger partial charge is 0.497 e. The van der Waals surface area contributed by atoms with Crippen molar-refractivity contribution in [1.29, 1.82) is 0 Å². The first kappa shape index (κ1) is 23.1. The average molecular weight is 435 g/mol. The smallest absolute Gasteiger partial charge is 0.255 e. The quantitative estimate of drug-likeness (QED) is 0.645. The van der Waals surface area contributed by atoms with Gasteiger partial charge in [-0.15, -0.1) is 0 Å². The Morgan fingerprint density at radius 2 is 1.88 bits per heavy atom. The zero-order chi connectivity index (χ0) is 23.1. The summed E-state index contributed by atoms with van der Waals surface area (Å²) in [4.78, 5) is 32.2. The summed E-state index contributed by atoms with van der Waals surface area (Å²) in [6.45, 7) is 5.52. The van der Waals surface area contributed by atoms with Crippen LogP contribution in [0.5, 0.6) is 5.75 Å². The maximum atomic E-state index is 13.1. The van der Waals surface area contributed by atoms with E-state index in [0.29, 0.717) is 47.2 Å². The molecule has 32 heavy (non-hydrogen) atoms. The number of hydrogen-bond acceptors (Lipinski definition) is 5. The van der Waals surface area contributed by atoms with Crippen LogP contribution in [-0.4, -0.2) is 42.7 Å². The molecular formula is C25H30N4O3. The van der Waals surface area contributed by atoms with Gasteiger partial charge in [-0.05, 0) is 43.2 Å².